The van der Waals surface area contributed by atoms with Crippen LogP contribution < -0.4 is 9.80 Å². The van der Waals surface area contributed by atoms with Gasteiger partial charge in [0.15, 0.2) is 9.84 Å². The Balaban J connectivity index is 1.92. The van der Waals surface area contributed by atoms with Crippen LogP contribution in [0.2, 0.25) is 0 Å². The van der Waals surface area contributed by atoms with Crippen LogP contribution in [-0.4, -0.2) is 45.3 Å². The third-order valence-electron chi connectivity index (χ3n) is 5.36. The number of anilines is 2. The molecule has 0 bridgehead atoms. The van der Waals surface area contributed by atoms with Crippen LogP contribution in [0.3, 0.4) is 0 Å². The van der Waals surface area contributed by atoms with E-state index in [4.69, 9.17) is 0 Å². The van der Waals surface area contributed by atoms with Gasteiger partial charge in [-0.1, -0.05) is 19.9 Å². The van der Waals surface area contributed by atoms with Gasteiger partial charge in [-0.3, -0.25) is 0 Å². The van der Waals surface area contributed by atoms with Crippen molar-refractivity contribution in [3.05, 3.63) is 47.7 Å². The van der Waals surface area contributed by atoms with E-state index in [0.717, 1.165) is 12.3 Å². The zero-order valence-electron chi connectivity index (χ0n) is 17.4. The van der Waals surface area contributed by atoms with Crippen molar-refractivity contribution < 1.29 is 21.6 Å². The quantitative estimate of drug-likeness (QED) is 0.704. The van der Waals surface area contributed by atoms with E-state index >= 15 is 0 Å². The molecule has 1 saturated heterocycles. The number of alkyl halides is 3. The maximum absolute atomic E-state index is 13.1. The molecule has 10 heteroatoms. The van der Waals surface area contributed by atoms with E-state index in [-0.39, 0.29) is 28.2 Å². The summed E-state index contributed by atoms with van der Waals surface area (Å²) in [6.07, 6.45) is -3.46. The second kappa shape index (κ2) is 8.38. The number of benzene rings is 1. The number of halogens is 3. The molecule has 0 unspecified atom stereocenters. The first-order valence-electron chi connectivity index (χ1n) is 9.72. The Morgan fingerprint density at radius 2 is 1.90 bits per heavy atom. The van der Waals surface area contributed by atoms with Gasteiger partial charge in [0.25, 0.3) is 0 Å². The smallest absolute Gasteiger partial charge is 0.368 e. The van der Waals surface area contributed by atoms with E-state index < -0.39 is 21.7 Å². The fraction of sp³-hybridized carbons (Fsp3) is 0.429. The Labute approximate surface area is 179 Å². The van der Waals surface area contributed by atoms with Crippen molar-refractivity contribution in [2.75, 3.05) is 35.7 Å². The number of hydrogen-bond donors (Lipinski definition) is 0. The van der Waals surface area contributed by atoms with Crippen LogP contribution in [0.5, 0.6) is 0 Å². The molecule has 1 aliphatic rings. The Kier molecular flexibility index (Phi) is 6.18. The van der Waals surface area contributed by atoms with Crippen molar-refractivity contribution in [3.8, 4) is 6.07 Å². The summed E-state index contributed by atoms with van der Waals surface area (Å²) in [7, 11) is -3.59. The van der Waals surface area contributed by atoms with Crippen molar-refractivity contribution in [3.63, 3.8) is 0 Å². The molecule has 2 heterocycles. The van der Waals surface area contributed by atoms with Crippen LogP contribution in [-0.2, 0) is 16.0 Å². The lowest BCUT2D eigenvalue weighted by Gasteiger charge is -2.45. The molecule has 0 amide bonds. The van der Waals surface area contributed by atoms with Gasteiger partial charge in [-0.25, -0.2) is 13.4 Å². The molecular weight excluding hydrogens is 429 g/mol. The van der Waals surface area contributed by atoms with Gasteiger partial charge < -0.3 is 9.80 Å². The molecule has 1 fully saturated rings. The average molecular weight is 453 g/mol. The summed E-state index contributed by atoms with van der Waals surface area (Å²) in [5.74, 6) is 0.372. The Bertz CT molecular complexity index is 1110. The second-order valence-corrected chi connectivity index (χ2v) is 9.88. The third kappa shape index (κ3) is 4.93. The first kappa shape index (κ1) is 22.9. The van der Waals surface area contributed by atoms with E-state index in [1.54, 1.807) is 12.1 Å². The Morgan fingerprint density at radius 1 is 1.19 bits per heavy atom. The van der Waals surface area contributed by atoms with Gasteiger partial charge in [0.2, 0.25) is 0 Å². The number of nitrogens with zero attached hydrogens (tertiary/aromatic N) is 4. The highest BCUT2D eigenvalue weighted by Gasteiger charge is 2.35. The molecule has 3 rings (SSSR count). The minimum Gasteiger partial charge on any atom is -0.368 e. The zero-order chi connectivity index (χ0) is 23.0. The molecule has 0 aliphatic carbocycles. The van der Waals surface area contributed by atoms with Gasteiger partial charge >= 0.3 is 6.18 Å². The highest BCUT2D eigenvalue weighted by Crippen LogP contribution is 2.32. The lowest BCUT2D eigenvalue weighted by molar-refractivity contribution is -0.141. The van der Waals surface area contributed by atoms with Crippen LogP contribution in [0.25, 0.3) is 0 Å². The first-order valence-corrected chi connectivity index (χ1v) is 11.6. The number of pyridine rings is 1. The summed E-state index contributed by atoms with van der Waals surface area (Å²) in [5.41, 5.74) is -0.194. The van der Waals surface area contributed by atoms with E-state index in [1.807, 2.05) is 29.7 Å². The van der Waals surface area contributed by atoms with E-state index in [9.17, 15) is 26.9 Å². The molecule has 0 spiro atoms. The van der Waals surface area contributed by atoms with Gasteiger partial charge in [0, 0.05) is 31.6 Å². The summed E-state index contributed by atoms with van der Waals surface area (Å²) >= 11 is 0. The van der Waals surface area contributed by atoms with Crippen molar-refractivity contribution in [2.45, 2.75) is 31.0 Å². The molecule has 1 atom stereocenters. The van der Waals surface area contributed by atoms with Crippen LogP contribution in [0.4, 0.5) is 24.7 Å². The summed E-state index contributed by atoms with van der Waals surface area (Å²) in [5, 5.41) is 9.22. The molecule has 1 aromatic carbocycles. The highest BCUT2D eigenvalue weighted by molar-refractivity contribution is 7.90. The molecule has 31 heavy (non-hydrogen) atoms. The first-order chi connectivity index (χ1) is 14.4. The largest absolute Gasteiger partial charge is 0.433 e. The zero-order valence-corrected chi connectivity index (χ0v) is 18.2. The molecule has 1 aliphatic heterocycles. The SMILES string of the molecule is CC(C)[C@@H]1CN(c2ccc(C#N)c(S(C)(=O)=O)c2)CCN1c1cccc(C(F)(F)F)n1. The van der Waals surface area contributed by atoms with Gasteiger partial charge in [-0.2, -0.15) is 18.4 Å². The highest BCUT2D eigenvalue weighted by atomic mass is 32.2. The monoisotopic (exact) mass is 452 g/mol. The fourth-order valence-electron chi connectivity index (χ4n) is 3.75. The predicted molar refractivity (Wildman–Crippen MR) is 112 cm³/mol. The molecule has 0 saturated carbocycles. The number of aromatic nitrogens is 1. The minimum atomic E-state index is -4.52. The third-order valence-corrected chi connectivity index (χ3v) is 6.49. The summed E-state index contributed by atoms with van der Waals surface area (Å²) in [6, 6.07) is 10.3. The van der Waals surface area contributed by atoms with Crippen LogP contribution >= 0.6 is 0 Å². The van der Waals surface area contributed by atoms with Crippen molar-refractivity contribution in [1.82, 2.24) is 4.98 Å². The average Bonchev–Trinajstić information content (AvgIpc) is 2.71. The van der Waals surface area contributed by atoms with Gasteiger partial charge in [0.1, 0.15) is 17.6 Å². The fourth-order valence-corrected chi connectivity index (χ4v) is 4.60. The molecule has 166 valence electrons. The molecule has 0 radical (unpaired) electrons. The maximum atomic E-state index is 13.1. The molecule has 0 N–H and O–H groups in total. The predicted octanol–water partition coefficient (Wildman–Crippen LogP) is 3.73. The van der Waals surface area contributed by atoms with E-state index in [0.29, 0.717) is 25.3 Å². The minimum absolute atomic E-state index is 0.0319. The van der Waals surface area contributed by atoms with Crippen molar-refractivity contribution in [2.24, 2.45) is 5.92 Å². The number of rotatable bonds is 4. The lowest BCUT2D eigenvalue weighted by Crippen LogP contribution is -2.56. The Hall–Kier alpha value is -2.80. The Morgan fingerprint density at radius 3 is 2.48 bits per heavy atom. The lowest BCUT2D eigenvalue weighted by atomic mass is 9.98. The molecule has 6 nitrogen and oxygen atoms in total. The summed E-state index contributed by atoms with van der Waals surface area (Å²) < 4.78 is 63.5. The number of piperazine rings is 1. The van der Waals surface area contributed by atoms with Gasteiger partial charge in [-0.05, 0) is 36.2 Å². The molecule has 1 aromatic heterocycles. The van der Waals surface area contributed by atoms with Gasteiger partial charge in [0.05, 0.1) is 16.5 Å². The van der Waals surface area contributed by atoms with E-state index in [1.165, 1.54) is 18.2 Å². The van der Waals surface area contributed by atoms with Gasteiger partial charge in [-0.15, -0.1) is 0 Å². The molecular formula is C21H23F3N4O2S. The van der Waals surface area contributed by atoms with E-state index in [2.05, 4.69) is 4.98 Å². The molecule has 2 aromatic rings. The van der Waals surface area contributed by atoms with Crippen LogP contribution in [0.15, 0.2) is 41.3 Å². The number of sulfone groups is 1. The number of hydrogen-bond acceptors (Lipinski definition) is 6. The van der Waals surface area contributed by atoms with Crippen molar-refractivity contribution in [1.29, 1.82) is 5.26 Å². The topological polar surface area (TPSA) is 77.3 Å². The van der Waals surface area contributed by atoms with Crippen molar-refractivity contribution >= 4 is 21.3 Å². The van der Waals surface area contributed by atoms with Crippen LogP contribution in [0.1, 0.15) is 25.1 Å². The van der Waals surface area contributed by atoms with Crippen LogP contribution in [0, 0.1) is 17.2 Å². The number of nitriles is 1. The standard InChI is InChI=1S/C21H23F3N4O2S/c1-14(2)17-13-27(16-8-7-15(12-25)18(11-16)31(3,29)30)9-10-28(17)20-6-4-5-19(26-20)21(22,23)24/h4-8,11,14,17H,9-10,13H2,1-3H3/t17-/m0/s1. The maximum Gasteiger partial charge on any atom is 0.433 e. The normalized spacial score (nSPS) is 17.7. The summed E-state index contributed by atoms with van der Waals surface area (Å²) in [4.78, 5) is 7.67. The second-order valence-electron chi connectivity index (χ2n) is 7.89. The summed E-state index contributed by atoms with van der Waals surface area (Å²) in [6.45, 7) is 5.33.